The van der Waals surface area contributed by atoms with Gasteiger partial charge in [0.25, 0.3) is 5.92 Å². The van der Waals surface area contributed by atoms with Gasteiger partial charge < -0.3 is 4.55 Å². The number of halogens is 4. The van der Waals surface area contributed by atoms with E-state index in [0.717, 1.165) is 18.2 Å². The molecule has 0 saturated carbocycles. The highest BCUT2D eigenvalue weighted by Crippen LogP contribution is 2.34. The van der Waals surface area contributed by atoms with E-state index in [-0.39, 0.29) is 0 Å². The van der Waals surface area contributed by atoms with E-state index in [1.807, 2.05) is 0 Å². The fourth-order valence-corrected chi connectivity index (χ4v) is 2.37. The van der Waals surface area contributed by atoms with Crippen molar-refractivity contribution in [2.75, 3.05) is 0 Å². The van der Waals surface area contributed by atoms with Crippen LogP contribution in [0.3, 0.4) is 0 Å². The van der Waals surface area contributed by atoms with Crippen molar-refractivity contribution in [2.24, 2.45) is 0 Å². The first kappa shape index (κ1) is 17.3. The smallest absolute Gasteiger partial charge is 0.268 e. The summed E-state index contributed by atoms with van der Waals surface area (Å²) in [4.78, 5) is 0. The van der Waals surface area contributed by atoms with Crippen molar-refractivity contribution in [3.8, 4) is 0 Å². The van der Waals surface area contributed by atoms with E-state index < -0.39 is 45.3 Å². The van der Waals surface area contributed by atoms with Crippen LogP contribution in [0.5, 0.6) is 0 Å². The highest BCUT2D eigenvalue weighted by atomic mass is 32.2. The third kappa shape index (κ3) is 4.10. The van der Waals surface area contributed by atoms with E-state index in [2.05, 4.69) is 4.72 Å². The SMILES string of the molecule is CC(F)(F)[C@@H](N[S+]([O-])C(C)(C)C)c1cccc(F)c1F. The lowest BCUT2D eigenvalue weighted by Crippen LogP contribution is -2.46. The second-order valence-corrected chi connectivity index (χ2v) is 7.53. The van der Waals surface area contributed by atoms with Crippen LogP contribution in [0.2, 0.25) is 0 Å². The molecule has 1 N–H and O–H groups in total. The molecule has 0 bridgehead atoms. The first-order valence-electron chi connectivity index (χ1n) is 5.94. The topological polar surface area (TPSA) is 35.1 Å². The maximum absolute atomic E-state index is 13.7. The molecule has 1 unspecified atom stereocenters. The summed E-state index contributed by atoms with van der Waals surface area (Å²) < 4.78 is 67.5. The van der Waals surface area contributed by atoms with E-state index in [1.165, 1.54) is 0 Å². The van der Waals surface area contributed by atoms with Crippen molar-refractivity contribution in [1.29, 1.82) is 0 Å². The molecule has 2 nitrogen and oxygen atoms in total. The van der Waals surface area contributed by atoms with Gasteiger partial charge in [-0.25, -0.2) is 17.6 Å². The van der Waals surface area contributed by atoms with Crippen LogP contribution in [0, 0.1) is 11.6 Å². The van der Waals surface area contributed by atoms with Crippen molar-refractivity contribution in [2.45, 2.75) is 44.4 Å². The molecule has 1 aromatic rings. The number of hydrogen-bond donors (Lipinski definition) is 1. The van der Waals surface area contributed by atoms with E-state index >= 15 is 0 Å². The molecular weight excluding hydrogens is 294 g/mol. The quantitative estimate of drug-likeness (QED) is 0.679. The van der Waals surface area contributed by atoms with Crippen LogP contribution >= 0.6 is 0 Å². The summed E-state index contributed by atoms with van der Waals surface area (Å²) in [6.07, 6.45) is 0. The monoisotopic (exact) mass is 311 g/mol. The normalized spacial score (nSPS) is 16.1. The summed E-state index contributed by atoms with van der Waals surface area (Å²) in [7, 11) is 0. The Morgan fingerprint density at radius 2 is 1.70 bits per heavy atom. The number of alkyl halides is 2. The lowest BCUT2D eigenvalue weighted by Gasteiger charge is -2.30. The van der Waals surface area contributed by atoms with Gasteiger partial charge in [0.15, 0.2) is 11.6 Å². The third-order valence-corrected chi connectivity index (χ3v) is 4.14. The van der Waals surface area contributed by atoms with Gasteiger partial charge in [0.2, 0.25) is 0 Å². The van der Waals surface area contributed by atoms with Crippen molar-refractivity contribution in [1.82, 2.24) is 4.72 Å². The molecule has 1 rings (SSSR count). The molecule has 0 aliphatic carbocycles. The second kappa shape index (κ2) is 5.91. The van der Waals surface area contributed by atoms with Gasteiger partial charge >= 0.3 is 0 Å². The Morgan fingerprint density at radius 3 is 2.15 bits per heavy atom. The molecule has 0 spiro atoms. The highest BCUT2D eigenvalue weighted by molar-refractivity contribution is 7.90. The van der Waals surface area contributed by atoms with Crippen LogP contribution in [0.25, 0.3) is 0 Å². The first-order valence-corrected chi connectivity index (χ1v) is 7.09. The van der Waals surface area contributed by atoms with Crippen LogP contribution in [0.1, 0.15) is 39.3 Å². The lowest BCUT2D eigenvalue weighted by molar-refractivity contribution is -0.0133. The minimum atomic E-state index is -3.41. The molecular formula is C13H17F4NOS. The molecule has 0 aliphatic rings. The second-order valence-electron chi connectivity index (χ2n) is 5.53. The van der Waals surface area contributed by atoms with Crippen LogP contribution in [-0.2, 0) is 11.4 Å². The number of rotatable bonds is 4. The summed E-state index contributed by atoms with van der Waals surface area (Å²) in [5.41, 5.74) is -0.546. The van der Waals surface area contributed by atoms with Crippen molar-refractivity contribution >= 4 is 11.4 Å². The Morgan fingerprint density at radius 1 is 1.15 bits per heavy atom. The van der Waals surface area contributed by atoms with Gasteiger partial charge in [0.1, 0.15) is 10.8 Å². The average molecular weight is 311 g/mol. The summed E-state index contributed by atoms with van der Waals surface area (Å²) in [6.45, 7) is 5.32. The number of hydrogen-bond acceptors (Lipinski definition) is 2. The number of benzene rings is 1. The van der Waals surface area contributed by atoms with Crippen LogP contribution < -0.4 is 4.72 Å². The van der Waals surface area contributed by atoms with Crippen molar-refractivity contribution in [3.05, 3.63) is 35.4 Å². The van der Waals surface area contributed by atoms with Crippen molar-refractivity contribution < 1.29 is 22.1 Å². The third-order valence-electron chi connectivity index (χ3n) is 2.58. The molecule has 7 heteroatoms. The summed E-state index contributed by atoms with van der Waals surface area (Å²) in [5.74, 6) is -5.99. The van der Waals surface area contributed by atoms with E-state index in [0.29, 0.717) is 6.92 Å². The molecule has 114 valence electrons. The molecule has 2 atom stereocenters. The Bertz CT molecular complexity index is 470. The largest absolute Gasteiger partial charge is 0.598 e. The summed E-state index contributed by atoms with van der Waals surface area (Å²) in [6, 6.07) is 1.14. The molecule has 0 aliphatic heterocycles. The molecule has 0 amide bonds. The molecule has 1 aromatic carbocycles. The lowest BCUT2D eigenvalue weighted by atomic mass is 10.0. The fraction of sp³-hybridized carbons (Fsp3) is 0.538. The highest BCUT2D eigenvalue weighted by Gasteiger charge is 2.43. The van der Waals surface area contributed by atoms with E-state index in [4.69, 9.17) is 0 Å². The minimum absolute atomic E-state index is 0.546. The van der Waals surface area contributed by atoms with Crippen LogP contribution in [0.15, 0.2) is 18.2 Å². The fourth-order valence-electron chi connectivity index (χ4n) is 1.47. The molecule has 0 heterocycles. The zero-order valence-corrected chi connectivity index (χ0v) is 12.5. The summed E-state index contributed by atoms with van der Waals surface area (Å²) in [5, 5.41) is 0. The standard InChI is InChI=1S/C13H17F4NOS/c1-12(2,3)20(19)18-11(13(4,16)17)8-6-5-7-9(14)10(8)15/h5-7,11,18H,1-4H3/t11-,20?/m0/s1. The maximum atomic E-state index is 13.7. The predicted molar refractivity (Wildman–Crippen MR) is 70.8 cm³/mol. The Kier molecular flexibility index (Phi) is 5.10. The molecule has 20 heavy (non-hydrogen) atoms. The number of nitrogens with one attached hydrogen (secondary N) is 1. The maximum Gasteiger partial charge on any atom is 0.268 e. The van der Waals surface area contributed by atoms with E-state index in [1.54, 1.807) is 20.8 Å². The van der Waals surface area contributed by atoms with Gasteiger partial charge in [-0.05, 0) is 26.8 Å². The Labute approximate surface area is 118 Å². The van der Waals surface area contributed by atoms with Gasteiger partial charge in [0.05, 0.1) is 0 Å². The molecule has 0 radical (unpaired) electrons. The van der Waals surface area contributed by atoms with E-state index in [9.17, 15) is 22.1 Å². The zero-order valence-electron chi connectivity index (χ0n) is 11.6. The van der Waals surface area contributed by atoms with Crippen LogP contribution in [0.4, 0.5) is 17.6 Å². The van der Waals surface area contributed by atoms with Gasteiger partial charge in [-0.3, -0.25) is 0 Å². The minimum Gasteiger partial charge on any atom is -0.598 e. The van der Waals surface area contributed by atoms with Crippen LogP contribution in [-0.4, -0.2) is 15.2 Å². The molecule has 0 saturated heterocycles. The Hall–Kier alpha value is -0.790. The van der Waals surface area contributed by atoms with Gasteiger partial charge in [-0.15, -0.1) is 4.72 Å². The van der Waals surface area contributed by atoms with Crippen molar-refractivity contribution in [3.63, 3.8) is 0 Å². The predicted octanol–water partition coefficient (Wildman–Crippen LogP) is 3.71. The first-order chi connectivity index (χ1) is 8.94. The molecule has 0 fully saturated rings. The average Bonchev–Trinajstić information content (AvgIpc) is 2.27. The Balaban J connectivity index is 3.18. The summed E-state index contributed by atoms with van der Waals surface area (Å²) >= 11 is -1.85. The molecule has 0 aromatic heterocycles. The van der Waals surface area contributed by atoms with Gasteiger partial charge in [0, 0.05) is 23.8 Å². The zero-order chi connectivity index (χ0) is 15.7. The van der Waals surface area contributed by atoms with Gasteiger partial charge in [-0.2, -0.15) is 0 Å². The van der Waals surface area contributed by atoms with Gasteiger partial charge in [-0.1, -0.05) is 12.1 Å².